The third-order valence-corrected chi connectivity index (χ3v) is 4.86. The summed E-state index contributed by atoms with van der Waals surface area (Å²) in [5.41, 5.74) is 0.388. The topological polar surface area (TPSA) is 77.3 Å². The quantitative estimate of drug-likeness (QED) is 0.641. The standard InChI is InChI=1S/C13H10ClNO4S/c14-12-3-1-2-4-13(12)20(18,19)9-10-5-7-11(8-6-10)15(16)17/h1-8H,9H2. The van der Waals surface area contributed by atoms with Crippen LogP contribution < -0.4 is 0 Å². The molecule has 0 aromatic heterocycles. The number of nitrogens with zero attached hydrogens (tertiary/aromatic N) is 1. The van der Waals surface area contributed by atoms with Crippen molar-refractivity contribution < 1.29 is 13.3 Å². The lowest BCUT2D eigenvalue weighted by molar-refractivity contribution is -0.384. The average Bonchev–Trinajstić information content (AvgIpc) is 2.39. The molecule has 0 fully saturated rings. The van der Waals surface area contributed by atoms with Gasteiger partial charge in [-0.25, -0.2) is 8.42 Å². The summed E-state index contributed by atoms with van der Waals surface area (Å²) in [6.45, 7) is 0. The van der Waals surface area contributed by atoms with Gasteiger partial charge in [0, 0.05) is 12.1 Å². The van der Waals surface area contributed by atoms with E-state index in [4.69, 9.17) is 11.6 Å². The van der Waals surface area contributed by atoms with E-state index in [0.29, 0.717) is 5.56 Å². The minimum absolute atomic E-state index is 0.0556. The van der Waals surface area contributed by atoms with Gasteiger partial charge in [-0.1, -0.05) is 35.9 Å². The van der Waals surface area contributed by atoms with Crippen LogP contribution in [-0.4, -0.2) is 13.3 Å². The zero-order valence-electron chi connectivity index (χ0n) is 10.2. The van der Waals surface area contributed by atoms with E-state index < -0.39 is 14.8 Å². The largest absolute Gasteiger partial charge is 0.269 e. The first-order chi connectivity index (χ1) is 9.40. The Morgan fingerprint density at radius 3 is 2.20 bits per heavy atom. The predicted octanol–water partition coefficient (Wildman–Crippen LogP) is 3.22. The third-order valence-electron chi connectivity index (χ3n) is 2.68. The van der Waals surface area contributed by atoms with Crippen LogP contribution in [0.4, 0.5) is 5.69 Å². The second-order valence-corrected chi connectivity index (χ2v) is 6.48. The van der Waals surface area contributed by atoms with Crippen LogP contribution >= 0.6 is 11.6 Å². The molecule has 2 rings (SSSR count). The van der Waals surface area contributed by atoms with Crippen molar-refractivity contribution in [2.24, 2.45) is 0 Å². The van der Waals surface area contributed by atoms with Crippen LogP contribution in [0.15, 0.2) is 53.4 Å². The number of hydrogen-bond acceptors (Lipinski definition) is 4. The van der Waals surface area contributed by atoms with Gasteiger partial charge >= 0.3 is 0 Å². The molecule has 2 aromatic rings. The molecule has 0 unspecified atom stereocenters. The van der Waals surface area contributed by atoms with Crippen molar-refractivity contribution in [1.29, 1.82) is 0 Å². The average molecular weight is 312 g/mol. The molecule has 0 spiro atoms. The summed E-state index contributed by atoms with van der Waals surface area (Å²) < 4.78 is 24.4. The molecule has 0 aliphatic carbocycles. The fourth-order valence-electron chi connectivity index (χ4n) is 1.71. The normalized spacial score (nSPS) is 11.2. The Kier molecular flexibility index (Phi) is 4.06. The Morgan fingerprint density at radius 2 is 1.65 bits per heavy atom. The first-order valence-electron chi connectivity index (χ1n) is 5.61. The highest BCUT2D eigenvalue weighted by atomic mass is 35.5. The number of nitro groups is 1. The van der Waals surface area contributed by atoms with Crippen LogP contribution in [0.5, 0.6) is 0 Å². The molecular weight excluding hydrogens is 302 g/mol. The zero-order chi connectivity index (χ0) is 14.8. The molecule has 2 aromatic carbocycles. The molecule has 0 amide bonds. The Hall–Kier alpha value is -1.92. The van der Waals surface area contributed by atoms with Crippen LogP contribution in [0, 0.1) is 10.1 Å². The van der Waals surface area contributed by atoms with Crippen molar-refractivity contribution >= 4 is 27.1 Å². The molecule has 0 saturated carbocycles. The van der Waals surface area contributed by atoms with Crippen molar-refractivity contribution in [2.45, 2.75) is 10.6 Å². The maximum atomic E-state index is 12.2. The number of non-ortho nitro benzene ring substituents is 1. The molecule has 0 saturated heterocycles. The van der Waals surface area contributed by atoms with Gasteiger partial charge in [0.05, 0.1) is 20.6 Å². The summed E-state index contributed by atoms with van der Waals surface area (Å²) in [7, 11) is -3.58. The summed E-state index contributed by atoms with van der Waals surface area (Å²) in [5.74, 6) is -0.255. The van der Waals surface area contributed by atoms with Crippen molar-refractivity contribution in [3.8, 4) is 0 Å². The van der Waals surface area contributed by atoms with Gasteiger partial charge in [0.2, 0.25) is 0 Å². The molecule has 0 atom stereocenters. The third kappa shape index (κ3) is 3.15. The Balaban J connectivity index is 2.29. The molecule has 20 heavy (non-hydrogen) atoms. The monoisotopic (exact) mass is 311 g/mol. The van der Waals surface area contributed by atoms with E-state index in [9.17, 15) is 18.5 Å². The fourth-order valence-corrected chi connectivity index (χ4v) is 3.63. The lowest BCUT2D eigenvalue weighted by Crippen LogP contribution is -2.05. The number of sulfone groups is 1. The van der Waals surface area contributed by atoms with E-state index in [-0.39, 0.29) is 21.4 Å². The summed E-state index contributed by atoms with van der Waals surface area (Å²) in [4.78, 5) is 10.1. The summed E-state index contributed by atoms with van der Waals surface area (Å²) >= 11 is 5.87. The van der Waals surface area contributed by atoms with Gasteiger partial charge in [0.15, 0.2) is 9.84 Å². The zero-order valence-corrected chi connectivity index (χ0v) is 11.8. The molecule has 0 radical (unpaired) electrons. The van der Waals surface area contributed by atoms with Gasteiger partial charge in [-0.05, 0) is 17.7 Å². The number of rotatable bonds is 4. The van der Waals surface area contributed by atoms with E-state index in [1.165, 1.54) is 36.4 Å². The lowest BCUT2D eigenvalue weighted by atomic mass is 10.2. The second kappa shape index (κ2) is 5.60. The molecule has 0 heterocycles. The van der Waals surface area contributed by atoms with Crippen LogP contribution in [0.3, 0.4) is 0 Å². The maximum Gasteiger partial charge on any atom is 0.269 e. The minimum Gasteiger partial charge on any atom is -0.258 e. The van der Waals surface area contributed by atoms with Crippen LogP contribution in [0.25, 0.3) is 0 Å². The summed E-state index contributed by atoms with van der Waals surface area (Å²) in [6.07, 6.45) is 0. The molecule has 0 aliphatic rings. The van der Waals surface area contributed by atoms with Gasteiger partial charge < -0.3 is 0 Å². The minimum atomic E-state index is -3.58. The van der Waals surface area contributed by atoms with Gasteiger partial charge in [-0.15, -0.1) is 0 Å². The van der Waals surface area contributed by atoms with Gasteiger partial charge in [0.25, 0.3) is 5.69 Å². The van der Waals surface area contributed by atoms with Crippen LogP contribution in [0.2, 0.25) is 5.02 Å². The van der Waals surface area contributed by atoms with Crippen molar-refractivity contribution in [1.82, 2.24) is 0 Å². The summed E-state index contributed by atoms with van der Waals surface area (Å²) in [5, 5.41) is 10.7. The van der Waals surface area contributed by atoms with Crippen LogP contribution in [-0.2, 0) is 15.6 Å². The first kappa shape index (κ1) is 14.5. The Bertz CT molecular complexity index is 741. The highest BCUT2D eigenvalue weighted by molar-refractivity contribution is 7.90. The summed E-state index contributed by atoms with van der Waals surface area (Å²) in [6, 6.07) is 11.6. The van der Waals surface area contributed by atoms with Crippen molar-refractivity contribution in [3.63, 3.8) is 0 Å². The first-order valence-corrected chi connectivity index (χ1v) is 7.64. The molecule has 5 nitrogen and oxygen atoms in total. The highest BCUT2D eigenvalue weighted by Gasteiger charge is 2.18. The molecule has 0 bridgehead atoms. The number of benzene rings is 2. The lowest BCUT2D eigenvalue weighted by Gasteiger charge is -2.06. The molecule has 0 N–H and O–H groups in total. The van der Waals surface area contributed by atoms with Gasteiger partial charge in [0.1, 0.15) is 0 Å². The highest BCUT2D eigenvalue weighted by Crippen LogP contribution is 2.24. The second-order valence-electron chi connectivity index (χ2n) is 4.11. The smallest absolute Gasteiger partial charge is 0.258 e. The van der Waals surface area contributed by atoms with E-state index in [0.717, 1.165) is 0 Å². The van der Waals surface area contributed by atoms with Gasteiger partial charge in [-0.3, -0.25) is 10.1 Å². The van der Waals surface area contributed by atoms with E-state index in [1.807, 2.05) is 0 Å². The van der Waals surface area contributed by atoms with Crippen LogP contribution in [0.1, 0.15) is 5.56 Å². The van der Waals surface area contributed by atoms with Crippen molar-refractivity contribution in [2.75, 3.05) is 0 Å². The molecule has 7 heteroatoms. The van der Waals surface area contributed by atoms with E-state index >= 15 is 0 Å². The maximum absolute atomic E-state index is 12.2. The van der Waals surface area contributed by atoms with Crippen molar-refractivity contribution in [3.05, 3.63) is 69.2 Å². The predicted molar refractivity (Wildman–Crippen MR) is 75.4 cm³/mol. The number of nitro benzene ring substituents is 1. The Morgan fingerprint density at radius 1 is 1.05 bits per heavy atom. The molecular formula is C13H10ClNO4S. The van der Waals surface area contributed by atoms with Gasteiger partial charge in [-0.2, -0.15) is 0 Å². The number of hydrogen-bond donors (Lipinski definition) is 0. The SMILES string of the molecule is O=[N+]([O-])c1ccc(CS(=O)(=O)c2ccccc2Cl)cc1. The number of halogens is 1. The molecule has 104 valence electrons. The Labute approximate surface area is 120 Å². The van der Waals surface area contributed by atoms with E-state index in [1.54, 1.807) is 12.1 Å². The fraction of sp³-hybridized carbons (Fsp3) is 0.0769. The van der Waals surface area contributed by atoms with E-state index in [2.05, 4.69) is 0 Å². The molecule has 0 aliphatic heterocycles.